The van der Waals surface area contributed by atoms with Crippen molar-refractivity contribution in [1.29, 1.82) is 0 Å². The van der Waals surface area contributed by atoms with Crippen molar-refractivity contribution in [2.24, 2.45) is 0 Å². The van der Waals surface area contributed by atoms with E-state index in [1.165, 1.54) is 0 Å². The van der Waals surface area contributed by atoms with E-state index in [0.717, 1.165) is 6.42 Å². The number of aromatic nitrogens is 2. The first-order chi connectivity index (χ1) is 8.20. The molecule has 2 N–H and O–H groups in total. The van der Waals surface area contributed by atoms with Crippen LogP contribution in [-0.4, -0.2) is 27.5 Å². The predicted octanol–water partition coefficient (Wildman–Crippen LogP) is 1.90. The summed E-state index contributed by atoms with van der Waals surface area (Å²) in [5.41, 5.74) is 5.52. The fraction of sp³-hybridized carbons (Fsp3) is 0.636. The number of nitrogen functional groups attached to an aromatic ring is 1. The molecule has 100 valence electrons. The van der Waals surface area contributed by atoms with Crippen molar-refractivity contribution in [2.45, 2.75) is 39.7 Å². The van der Waals surface area contributed by atoms with E-state index in [1.54, 1.807) is 18.9 Å². The predicted molar refractivity (Wildman–Crippen MR) is 70.6 cm³/mol. The molecule has 1 aromatic rings. The zero-order valence-electron chi connectivity index (χ0n) is 11.4. The smallest absolute Gasteiger partial charge is 0.332 e. The second-order valence-electron chi connectivity index (χ2n) is 4.82. The van der Waals surface area contributed by atoms with Gasteiger partial charge in [0.25, 0.3) is 0 Å². The molecule has 0 atom stereocenters. The van der Waals surface area contributed by atoms with Crippen LogP contribution in [-0.2, 0) is 0 Å². The van der Waals surface area contributed by atoms with Crippen LogP contribution in [0.1, 0.15) is 32.9 Å². The molecule has 0 unspecified atom stereocenters. The molecule has 1 aromatic heterocycles. The van der Waals surface area contributed by atoms with Crippen molar-refractivity contribution in [1.82, 2.24) is 9.97 Å². The molecule has 0 aliphatic heterocycles. The van der Waals surface area contributed by atoms with E-state index in [0.29, 0.717) is 0 Å². The molecule has 1 heterocycles. The van der Waals surface area contributed by atoms with E-state index < -0.39 is 4.92 Å². The topological polar surface area (TPSA) is 98.2 Å². The Balaban J connectivity index is 3.44. The third-order valence-corrected chi connectivity index (χ3v) is 3.33. The number of nitro groups is 1. The molecule has 0 bridgehead atoms. The highest BCUT2D eigenvalue weighted by atomic mass is 16.6. The van der Waals surface area contributed by atoms with E-state index in [2.05, 4.69) is 9.97 Å². The van der Waals surface area contributed by atoms with Crippen LogP contribution in [0.5, 0.6) is 0 Å². The highest BCUT2D eigenvalue weighted by molar-refractivity contribution is 5.62. The van der Waals surface area contributed by atoms with Crippen molar-refractivity contribution >= 4 is 17.5 Å². The Labute approximate surface area is 106 Å². The van der Waals surface area contributed by atoms with Gasteiger partial charge in [-0.15, -0.1) is 0 Å². The summed E-state index contributed by atoms with van der Waals surface area (Å²) in [5, 5.41) is 11.1. The van der Waals surface area contributed by atoms with Gasteiger partial charge in [0.15, 0.2) is 0 Å². The Hall–Kier alpha value is -1.92. The molecule has 18 heavy (non-hydrogen) atoms. The highest BCUT2D eigenvalue weighted by Gasteiger charge is 2.31. The van der Waals surface area contributed by atoms with Gasteiger partial charge in [0.1, 0.15) is 5.69 Å². The quantitative estimate of drug-likeness (QED) is 0.650. The fourth-order valence-corrected chi connectivity index (χ4v) is 1.54. The average molecular weight is 253 g/mol. The minimum Gasteiger partial charge on any atom is -0.368 e. The first kappa shape index (κ1) is 14.1. The molecule has 0 spiro atoms. The molecule has 0 radical (unpaired) electrons. The van der Waals surface area contributed by atoms with Crippen molar-refractivity contribution < 1.29 is 4.92 Å². The van der Waals surface area contributed by atoms with Crippen LogP contribution in [0.3, 0.4) is 0 Å². The van der Waals surface area contributed by atoms with Crippen molar-refractivity contribution in [2.75, 3.05) is 17.7 Å². The summed E-state index contributed by atoms with van der Waals surface area (Å²) in [4.78, 5) is 20.3. The third-order valence-electron chi connectivity index (χ3n) is 3.33. The van der Waals surface area contributed by atoms with Crippen LogP contribution >= 0.6 is 0 Å². The van der Waals surface area contributed by atoms with Crippen molar-refractivity contribution in [3.8, 4) is 0 Å². The van der Waals surface area contributed by atoms with Gasteiger partial charge in [-0.25, -0.2) is 4.98 Å². The molecule has 0 fully saturated rings. The molecule has 0 aromatic carbocycles. The molecule has 1 rings (SSSR count). The summed E-state index contributed by atoms with van der Waals surface area (Å²) in [6.45, 7) is 7.56. The van der Waals surface area contributed by atoms with Crippen molar-refractivity contribution in [3.05, 3.63) is 15.8 Å². The lowest BCUT2D eigenvalue weighted by Gasteiger charge is -2.35. The van der Waals surface area contributed by atoms with Crippen LogP contribution in [0.15, 0.2) is 0 Å². The Bertz CT molecular complexity index is 473. The summed E-state index contributed by atoms with van der Waals surface area (Å²) >= 11 is 0. The molecule has 7 nitrogen and oxygen atoms in total. The van der Waals surface area contributed by atoms with Crippen LogP contribution in [0.2, 0.25) is 0 Å². The minimum atomic E-state index is -0.466. The normalized spacial score (nSPS) is 11.4. The van der Waals surface area contributed by atoms with E-state index in [-0.39, 0.29) is 28.7 Å². The van der Waals surface area contributed by atoms with Crippen LogP contribution in [0.4, 0.5) is 17.5 Å². The number of rotatable bonds is 4. The number of anilines is 2. The van der Waals surface area contributed by atoms with Gasteiger partial charge < -0.3 is 10.6 Å². The van der Waals surface area contributed by atoms with Gasteiger partial charge in [0.05, 0.1) is 4.92 Å². The second kappa shape index (κ2) is 4.75. The fourth-order valence-electron chi connectivity index (χ4n) is 1.54. The van der Waals surface area contributed by atoms with Gasteiger partial charge in [-0.2, -0.15) is 4.98 Å². The lowest BCUT2D eigenvalue weighted by Crippen LogP contribution is -2.41. The number of hydrogen-bond donors (Lipinski definition) is 1. The number of hydrogen-bond acceptors (Lipinski definition) is 6. The van der Waals surface area contributed by atoms with Crippen molar-refractivity contribution in [3.63, 3.8) is 0 Å². The summed E-state index contributed by atoms with van der Waals surface area (Å²) < 4.78 is 0. The second-order valence-corrected chi connectivity index (χ2v) is 4.82. The van der Waals surface area contributed by atoms with Crippen LogP contribution in [0.25, 0.3) is 0 Å². The first-order valence-corrected chi connectivity index (χ1v) is 5.73. The van der Waals surface area contributed by atoms with E-state index >= 15 is 0 Å². The Morgan fingerprint density at radius 3 is 2.44 bits per heavy atom. The standard InChI is InChI=1S/C11H19N5O2/c1-6-11(3,4)15(5)9-8(16(17)18)7(2)13-10(12)14-9/h6H2,1-5H3,(H2,12,13,14). The average Bonchev–Trinajstić information content (AvgIpc) is 2.26. The summed E-state index contributed by atoms with van der Waals surface area (Å²) in [6.07, 6.45) is 0.823. The number of nitrogens with two attached hydrogens (primary N) is 1. The Kier molecular flexibility index (Phi) is 3.73. The molecule has 0 saturated carbocycles. The lowest BCUT2D eigenvalue weighted by atomic mass is 10.00. The molecule has 0 amide bonds. The molecule has 0 aliphatic carbocycles. The van der Waals surface area contributed by atoms with E-state index in [4.69, 9.17) is 5.73 Å². The summed E-state index contributed by atoms with van der Waals surface area (Å²) in [6, 6.07) is 0. The SMILES string of the molecule is CCC(C)(C)N(C)c1nc(N)nc(C)c1[N+](=O)[O-]. The van der Waals surface area contributed by atoms with Gasteiger partial charge in [-0.05, 0) is 27.2 Å². The van der Waals surface area contributed by atoms with E-state index in [9.17, 15) is 10.1 Å². The van der Waals surface area contributed by atoms with Crippen LogP contribution < -0.4 is 10.6 Å². The zero-order chi connectivity index (χ0) is 14.1. The first-order valence-electron chi connectivity index (χ1n) is 5.73. The molecule has 0 saturated heterocycles. The van der Waals surface area contributed by atoms with Gasteiger partial charge in [-0.1, -0.05) is 6.92 Å². The maximum Gasteiger partial charge on any atom is 0.332 e. The molecular weight excluding hydrogens is 234 g/mol. The Morgan fingerprint density at radius 1 is 1.44 bits per heavy atom. The molecule has 0 aliphatic rings. The Morgan fingerprint density at radius 2 is 2.00 bits per heavy atom. The maximum atomic E-state index is 11.1. The molecular formula is C11H19N5O2. The van der Waals surface area contributed by atoms with Gasteiger partial charge in [0.2, 0.25) is 11.8 Å². The van der Waals surface area contributed by atoms with Crippen LogP contribution in [0, 0.1) is 17.0 Å². The third kappa shape index (κ3) is 2.49. The minimum absolute atomic E-state index is 0.0480. The van der Waals surface area contributed by atoms with Gasteiger partial charge in [-0.3, -0.25) is 10.1 Å². The number of nitrogens with zero attached hydrogens (tertiary/aromatic N) is 4. The summed E-state index contributed by atoms with van der Waals surface area (Å²) in [5.74, 6) is 0.309. The largest absolute Gasteiger partial charge is 0.368 e. The van der Waals surface area contributed by atoms with E-state index in [1.807, 2.05) is 20.8 Å². The summed E-state index contributed by atoms with van der Waals surface area (Å²) in [7, 11) is 1.78. The maximum absolute atomic E-state index is 11.1. The lowest BCUT2D eigenvalue weighted by molar-refractivity contribution is -0.385. The molecule has 7 heteroatoms. The highest BCUT2D eigenvalue weighted by Crippen LogP contribution is 2.33. The van der Waals surface area contributed by atoms with Gasteiger partial charge >= 0.3 is 5.69 Å². The monoisotopic (exact) mass is 253 g/mol. The van der Waals surface area contributed by atoms with Gasteiger partial charge in [0, 0.05) is 12.6 Å². The number of aryl methyl sites for hydroxylation is 1. The zero-order valence-corrected chi connectivity index (χ0v) is 11.4.